The first kappa shape index (κ1) is 22.8. The van der Waals surface area contributed by atoms with Gasteiger partial charge in [0.05, 0.1) is 38.1 Å². The third kappa shape index (κ3) is 4.80. The summed E-state index contributed by atoms with van der Waals surface area (Å²) in [4.78, 5) is 9.48. The van der Waals surface area contributed by atoms with E-state index in [9.17, 15) is 0 Å². The van der Waals surface area contributed by atoms with Crippen LogP contribution in [0.2, 0.25) is 0 Å². The van der Waals surface area contributed by atoms with Gasteiger partial charge in [-0.25, -0.2) is 0 Å². The Labute approximate surface area is 206 Å². The van der Waals surface area contributed by atoms with Crippen LogP contribution in [0.3, 0.4) is 0 Å². The van der Waals surface area contributed by atoms with Gasteiger partial charge in [-0.05, 0) is 67.2 Å². The average molecular weight is 478 g/mol. The lowest BCUT2D eigenvalue weighted by Gasteiger charge is -2.31. The second kappa shape index (κ2) is 10.5. The van der Waals surface area contributed by atoms with Gasteiger partial charge in [0.15, 0.2) is 5.11 Å². The number of pyridine rings is 1. The lowest BCUT2D eigenvalue weighted by atomic mass is 10.0. The standard InChI is InChI=1S/C26H31N5O2S/c1-32-21-10-8-20(9-11-21)30-14-4-7-23(30)25-24(22-6-2-3-12-27-22)28-26(34)31(25)15-5-13-29-16-18-33-19-17-29/h2-4,6-12,14,24-25H,5,13,15-19H2,1H3,(H,28,34)/t24-,25-/m0/s1. The molecule has 178 valence electrons. The first-order valence-electron chi connectivity index (χ1n) is 11.8. The molecule has 1 N–H and O–H groups in total. The van der Waals surface area contributed by atoms with E-state index in [0.717, 1.165) is 68.1 Å². The summed E-state index contributed by atoms with van der Waals surface area (Å²) in [5.74, 6) is 0.845. The van der Waals surface area contributed by atoms with Crippen molar-refractivity contribution in [3.05, 3.63) is 78.4 Å². The van der Waals surface area contributed by atoms with Gasteiger partial charge in [-0.15, -0.1) is 0 Å². The number of benzene rings is 1. The molecule has 7 nitrogen and oxygen atoms in total. The SMILES string of the molecule is COc1ccc(-n2cccc2[C@H]2[C@H](c3ccccn3)NC(=S)N2CCCN2CCOCC2)cc1. The fraction of sp³-hybridized carbons (Fsp3) is 0.385. The van der Waals surface area contributed by atoms with Crippen molar-refractivity contribution in [3.63, 3.8) is 0 Å². The molecule has 4 heterocycles. The molecule has 3 aromatic rings. The van der Waals surface area contributed by atoms with Crippen LogP contribution in [-0.2, 0) is 4.74 Å². The maximum absolute atomic E-state index is 5.86. The molecule has 34 heavy (non-hydrogen) atoms. The number of nitrogens with zero attached hydrogens (tertiary/aromatic N) is 4. The summed E-state index contributed by atoms with van der Waals surface area (Å²) < 4.78 is 13.1. The topological polar surface area (TPSA) is 54.8 Å². The Morgan fingerprint density at radius 3 is 2.62 bits per heavy atom. The molecule has 2 fully saturated rings. The highest BCUT2D eigenvalue weighted by molar-refractivity contribution is 7.80. The minimum atomic E-state index is -0.0241. The molecule has 2 atom stereocenters. The monoisotopic (exact) mass is 477 g/mol. The maximum atomic E-state index is 5.86. The molecule has 0 spiro atoms. The molecule has 2 aromatic heterocycles. The number of nitrogens with one attached hydrogen (secondary N) is 1. The van der Waals surface area contributed by atoms with Crippen LogP contribution >= 0.6 is 12.2 Å². The van der Waals surface area contributed by atoms with Crippen molar-refractivity contribution in [2.24, 2.45) is 0 Å². The van der Waals surface area contributed by atoms with Gasteiger partial charge >= 0.3 is 0 Å². The second-order valence-corrected chi connectivity index (χ2v) is 9.02. The average Bonchev–Trinajstić information content (AvgIpc) is 3.50. The molecule has 8 heteroatoms. The zero-order valence-corrected chi connectivity index (χ0v) is 20.3. The van der Waals surface area contributed by atoms with E-state index >= 15 is 0 Å². The molecular weight excluding hydrogens is 446 g/mol. The van der Waals surface area contributed by atoms with Gasteiger partial charge in [0.25, 0.3) is 0 Å². The van der Waals surface area contributed by atoms with E-state index in [2.05, 4.69) is 61.2 Å². The summed E-state index contributed by atoms with van der Waals surface area (Å²) in [6, 6.07) is 18.5. The van der Waals surface area contributed by atoms with Crippen LogP contribution < -0.4 is 10.1 Å². The molecular formula is C26H31N5O2S. The van der Waals surface area contributed by atoms with Crippen molar-refractivity contribution in [3.8, 4) is 11.4 Å². The largest absolute Gasteiger partial charge is 0.497 e. The van der Waals surface area contributed by atoms with E-state index in [4.69, 9.17) is 21.7 Å². The van der Waals surface area contributed by atoms with Crippen LogP contribution in [0.25, 0.3) is 5.69 Å². The number of morpholine rings is 1. The zero-order valence-electron chi connectivity index (χ0n) is 19.5. The number of hydrogen-bond acceptors (Lipinski definition) is 5. The molecule has 0 amide bonds. The van der Waals surface area contributed by atoms with Gasteiger partial charge in [-0.3, -0.25) is 9.88 Å². The minimum Gasteiger partial charge on any atom is -0.497 e. The second-order valence-electron chi connectivity index (χ2n) is 8.63. The Bertz CT molecular complexity index is 1080. The van der Waals surface area contributed by atoms with Crippen molar-refractivity contribution < 1.29 is 9.47 Å². The van der Waals surface area contributed by atoms with Gasteiger partial charge in [0, 0.05) is 50.0 Å². The summed E-state index contributed by atoms with van der Waals surface area (Å²) >= 11 is 5.86. The van der Waals surface area contributed by atoms with E-state index in [1.807, 2.05) is 30.5 Å². The molecule has 0 saturated carbocycles. The number of hydrogen-bond donors (Lipinski definition) is 1. The molecule has 0 aliphatic carbocycles. The lowest BCUT2D eigenvalue weighted by molar-refractivity contribution is 0.0365. The molecule has 2 aliphatic rings. The normalized spacial score (nSPS) is 21.0. The van der Waals surface area contributed by atoms with Crippen molar-refractivity contribution in [2.45, 2.75) is 18.5 Å². The number of methoxy groups -OCH3 is 1. The number of thiocarbonyl (C=S) groups is 1. The van der Waals surface area contributed by atoms with Gasteiger partial charge in [0.1, 0.15) is 5.75 Å². The first-order chi connectivity index (χ1) is 16.7. The lowest BCUT2D eigenvalue weighted by Crippen LogP contribution is -2.39. The van der Waals surface area contributed by atoms with Crippen LogP contribution in [0.4, 0.5) is 0 Å². The molecule has 2 aliphatic heterocycles. The third-order valence-electron chi connectivity index (χ3n) is 6.61. The zero-order chi connectivity index (χ0) is 23.3. The van der Waals surface area contributed by atoms with Crippen LogP contribution in [0.15, 0.2) is 67.0 Å². The highest BCUT2D eigenvalue weighted by Gasteiger charge is 2.41. The van der Waals surface area contributed by atoms with Crippen LogP contribution in [0, 0.1) is 0 Å². The number of rotatable bonds is 8. The van der Waals surface area contributed by atoms with E-state index in [1.165, 1.54) is 5.69 Å². The maximum Gasteiger partial charge on any atom is 0.170 e. The Hall–Kier alpha value is -2.94. The summed E-state index contributed by atoms with van der Waals surface area (Å²) in [6.45, 7) is 5.58. The molecule has 0 radical (unpaired) electrons. The van der Waals surface area contributed by atoms with Crippen molar-refractivity contribution in [1.82, 2.24) is 24.7 Å². The Balaban J connectivity index is 1.43. The van der Waals surface area contributed by atoms with E-state index < -0.39 is 0 Å². The van der Waals surface area contributed by atoms with Gasteiger partial charge in [0.2, 0.25) is 0 Å². The highest BCUT2D eigenvalue weighted by Crippen LogP contribution is 2.39. The predicted octanol–water partition coefficient (Wildman–Crippen LogP) is 3.58. The fourth-order valence-electron chi connectivity index (χ4n) is 4.87. The third-order valence-corrected chi connectivity index (χ3v) is 6.96. The molecule has 1 aromatic carbocycles. The molecule has 2 saturated heterocycles. The van der Waals surface area contributed by atoms with Crippen molar-refractivity contribution in [1.29, 1.82) is 0 Å². The first-order valence-corrected chi connectivity index (χ1v) is 12.3. The van der Waals surface area contributed by atoms with E-state index in [0.29, 0.717) is 0 Å². The van der Waals surface area contributed by atoms with Crippen LogP contribution in [0.1, 0.15) is 29.9 Å². The Morgan fingerprint density at radius 2 is 1.88 bits per heavy atom. The molecule has 0 bridgehead atoms. The van der Waals surface area contributed by atoms with Gasteiger partial charge in [-0.2, -0.15) is 0 Å². The minimum absolute atomic E-state index is 0.0241. The number of ether oxygens (including phenoxy) is 2. The summed E-state index contributed by atoms with van der Waals surface area (Å²) in [5.41, 5.74) is 3.26. The van der Waals surface area contributed by atoms with E-state index in [-0.39, 0.29) is 12.1 Å². The van der Waals surface area contributed by atoms with Gasteiger partial charge in [-0.1, -0.05) is 6.07 Å². The highest BCUT2D eigenvalue weighted by atomic mass is 32.1. The Morgan fingerprint density at radius 1 is 1.06 bits per heavy atom. The van der Waals surface area contributed by atoms with Crippen molar-refractivity contribution in [2.75, 3.05) is 46.5 Å². The quantitative estimate of drug-likeness (QED) is 0.498. The van der Waals surface area contributed by atoms with E-state index in [1.54, 1.807) is 7.11 Å². The van der Waals surface area contributed by atoms with Gasteiger partial charge < -0.3 is 24.3 Å². The van der Waals surface area contributed by atoms with Crippen LogP contribution in [0.5, 0.6) is 5.75 Å². The smallest absolute Gasteiger partial charge is 0.170 e. The fourth-order valence-corrected chi connectivity index (χ4v) is 5.20. The number of aromatic nitrogens is 2. The van der Waals surface area contributed by atoms with Crippen molar-refractivity contribution >= 4 is 17.3 Å². The predicted molar refractivity (Wildman–Crippen MR) is 136 cm³/mol. The summed E-state index contributed by atoms with van der Waals surface area (Å²) in [5, 5.41) is 4.35. The Kier molecular flexibility index (Phi) is 7.08. The van der Waals surface area contributed by atoms with Crippen LogP contribution in [-0.4, -0.2) is 71.0 Å². The molecule has 5 rings (SSSR count). The molecule has 0 unspecified atom stereocenters. The summed E-state index contributed by atoms with van der Waals surface area (Å²) in [6.07, 6.45) is 5.00. The summed E-state index contributed by atoms with van der Waals surface area (Å²) in [7, 11) is 1.69.